The van der Waals surface area contributed by atoms with Gasteiger partial charge in [-0.15, -0.1) is 12.4 Å². The normalized spacial score (nSPS) is 21.2. The second-order valence-corrected chi connectivity index (χ2v) is 4.53. The first kappa shape index (κ1) is 12.9. The van der Waals surface area contributed by atoms with Crippen LogP contribution in [0.25, 0.3) is 11.1 Å². The first-order valence-corrected chi connectivity index (χ1v) is 5.75. The van der Waals surface area contributed by atoms with Gasteiger partial charge >= 0.3 is 0 Å². The van der Waals surface area contributed by atoms with Gasteiger partial charge in [-0.1, -0.05) is 18.2 Å². The van der Waals surface area contributed by atoms with Gasteiger partial charge in [0.2, 0.25) is 0 Å². The Labute approximate surface area is 112 Å². The highest BCUT2D eigenvalue weighted by Crippen LogP contribution is 2.38. The Bertz CT molecular complexity index is 542. The molecule has 2 atom stereocenters. The summed E-state index contributed by atoms with van der Waals surface area (Å²) < 4.78 is 0. The molecule has 1 aromatic heterocycles. The predicted molar refractivity (Wildman–Crippen MR) is 73.9 cm³/mol. The maximum Gasteiger partial charge on any atom is 0.116 e. The Balaban J connectivity index is 0.00000120. The monoisotopic (exact) mass is 262 g/mol. The number of halogens is 1. The molecule has 0 amide bonds. The van der Waals surface area contributed by atoms with Crippen LogP contribution in [0.2, 0.25) is 0 Å². The van der Waals surface area contributed by atoms with E-state index < -0.39 is 0 Å². The lowest BCUT2D eigenvalue weighted by atomic mass is 10.1. The van der Waals surface area contributed by atoms with Crippen molar-refractivity contribution < 1.29 is 5.11 Å². The number of aromatic nitrogens is 1. The molecular formula is C14H15ClN2O. The van der Waals surface area contributed by atoms with Crippen molar-refractivity contribution in [2.45, 2.75) is 18.4 Å². The van der Waals surface area contributed by atoms with Gasteiger partial charge in [0, 0.05) is 29.4 Å². The van der Waals surface area contributed by atoms with Gasteiger partial charge in [0.1, 0.15) is 5.75 Å². The average molecular weight is 263 g/mol. The topological polar surface area (TPSA) is 59.1 Å². The Morgan fingerprint density at radius 2 is 1.94 bits per heavy atom. The molecule has 18 heavy (non-hydrogen) atoms. The minimum absolute atomic E-state index is 0. The number of phenolic OH excluding ortho intramolecular Hbond substituents is 1. The number of nitrogens with zero attached hydrogens (tertiary/aromatic N) is 1. The molecule has 1 heterocycles. The maximum absolute atomic E-state index is 9.42. The third-order valence-electron chi connectivity index (χ3n) is 3.19. The summed E-state index contributed by atoms with van der Waals surface area (Å²) in [6, 6.07) is 11.5. The number of nitrogens with two attached hydrogens (primary N) is 1. The number of pyridine rings is 1. The van der Waals surface area contributed by atoms with Gasteiger partial charge in [-0.3, -0.25) is 4.98 Å². The van der Waals surface area contributed by atoms with Gasteiger partial charge in [0.05, 0.1) is 0 Å². The van der Waals surface area contributed by atoms with Crippen molar-refractivity contribution in [1.82, 2.24) is 4.98 Å². The molecule has 1 aliphatic carbocycles. The van der Waals surface area contributed by atoms with E-state index >= 15 is 0 Å². The molecule has 3 N–H and O–H groups in total. The number of hydrogen-bond donors (Lipinski definition) is 2. The summed E-state index contributed by atoms with van der Waals surface area (Å²) in [6.07, 6.45) is 2.88. The van der Waals surface area contributed by atoms with Crippen molar-refractivity contribution in [1.29, 1.82) is 0 Å². The Kier molecular flexibility index (Phi) is 3.55. The third-order valence-corrected chi connectivity index (χ3v) is 3.19. The van der Waals surface area contributed by atoms with E-state index in [1.807, 2.05) is 30.5 Å². The number of hydrogen-bond acceptors (Lipinski definition) is 3. The third kappa shape index (κ3) is 2.47. The average Bonchev–Trinajstić information content (AvgIpc) is 3.07. The minimum Gasteiger partial charge on any atom is -0.508 e. The molecule has 1 aliphatic rings. The fraction of sp³-hybridized carbons (Fsp3) is 0.214. The van der Waals surface area contributed by atoms with Crippen LogP contribution in [0, 0.1) is 0 Å². The van der Waals surface area contributed by atoms with Gasteiger partial charge in [-0.05, 0) is 30.2 Å². The van der Waals surface area contributed by atoms with Gasteiger partial charge < -0.3 is 10.8 Å². The molecular weight excluding hydrogens is 248 g/mol. The molecule has 1 aromatic carbocycles. The van der Waals surface area contributed by atoms with Crippen LogP contribution in [-0.4, -0.2) is 16.1 Å². The molecule has 1 saturated carbocycles. The van der Waals surface area contributed by atoms with E-state index in [4.69, 9.17) is 5.73 Å². The zero-order valence-corrected chi connectivity index (χ0v) is 10.6. The Morgan fingerprint density at radius 1 is 1.17 bits per heavy atom. The number of rotatable bonds is 2. The van der Waals surface area contributed by atoms with Crippen LogP contribution < -0.4 is 5.73 Å². The first-order chi connectivity index (χ1) is 8.24. The maximum atomic E-state index is 9.42. The lowest BCUT2D eigenvalue weighted by Gasteiger charge is -2.03. The fourth-order valence-corrected chi connectivity index (χ4v) is 2.04. The number of phenols is 1. The van der Waals surface area contributed by atoms with Crippen LogP contribution in [0.1, 0.15) is 18.0 Å². The van der Waals surface area contributed by atoms with Gasteiger partial charge in [0.15, 0.2) is 0 Å². The lowest BCUT2D eigenvalue weighted by molar-refractivity contribution is 0.475. The Hall–Kier alpha value is -1.58. The van der Waals surface area contributed by atoms with Crippen LogP contribution >= 0.6 is 12.4 Å². The SMILES string of the molecule is Cl.NC1CC1c1ccc(-c2cccc(O)c2)cn1. The molecule has 0 saturated heterocycles. The van der Waals surface area contributed by atoms with Crippen molar-refractivity contribution >= 4 is 12.4 Å². The van der Waals surface area contributed by atoms with E-state index in [1.54, 1.807) is 12.1 Å². The quantitative estimate of drug-likeness (QED) is 0.875. The van der Waals surface area contributed by atoms with Crippen LogP contribution in [0.3, 0.4) is 0 Å². The van der Waals surface area contributed by atoms with E-state index in [1.165, 1.54) is 0 Å². The molecule has 0 aliphatic heterocycles. The second kappa shape index (κ2) is 4.96. The zero-order chi connectivity index (χ0) is 11.8. The lowest BCUT2D eigenvalue weighted by Crippen LogP contribution is -2.01. The predicted octanol–water partition coefficient (Wildman–Crippen LogP) is 2.69. The molecule has 1 fully saturated rings. The highest BCUT2D eigenvalue weighted by Gasteiger charge is 2.35. The van der Waals surface area contributed by atoms with E-state index in [0.29, 0.717) is 5.92 Å². The van der Waals surface area contributed by atoms with Crippen LogP contribution in [0.5, 0.6) is 5.75 Å². The van der Waals surface area contributed by atoms with Crippen LogP contribution in [0.15, 0.2) is 42.6 Å². The molecule has 3 rings (SSSR count). The summed E-state index contributed by atoms with van der Waals surface area (Å²) in [5.74, 6) is 0.712. The largest absolute Gasteiger partial charge is 0.508 e. The molecule has 94 valence electrons. The van der Waals surface area contributed by atoms with Crippen LogP contribution in [0.4, 0.5) is 0 Å². The summed E-state index contributed by atoms with van der Waals surface area (Å²) >= 11 is 0. The summed E-state index contributed by atoms with van der Waals surface area (Å²) in [5.41, 5.74) is 8.85. The van der Waals surface area contributed by atoms with Gasteiger partial charge in [-0.25, -0.2) is 0 Å². The first-order valence-electron chi connectivity index (χ1n) is 5.75. The van der Waals surface area contributed by atoms with E-state index in [2.05, 4.69) is 4.98 Å². The van der Waals surface area contributed by atoms with Crippen LogP contribution in [-0.2, 0) is 0 Å². The molecule has 0 spiro atoms. The smallest absolute Gasteiger partial charge is 0.116 e. The molecule has 3 nitrogen and oxygen atoms in total. The zero-order valence-electron chi connectivity index (χ0n) is 9.78. The summed E-state index contributed by atoms with van der Waals surface area (Å²) in [5, 5.41) is 9.42. The second-order valence-electron chi connectivity index (χ2n) is 4.53. The van der Waals surface area contributed by atoms with Crippen molar-refractivity contribution in [2.24, 2.45) is 5.73 Å². The van der Waals surface area contributed by atoms with Crippen molar-refractivity contribution in [3.8, 4) is 16.9 Å². The van der Waals surface area contributed by atoms with Crippen molar-refractivity contribution in [3.63, 3.8) is 0 Å². The van der Waals surface area contributed by atoms with Crippen molar-refractivity contribution in [2.75, 3.05) is 0 Å². The summed E-state index contributed by atoms with van der Waals surface area (Å²) in [4.78, 5) is 4.44. The van der Waals surface area contributed by atoms with Crippen molar-refractivity contribution in [3.05, 3.63) is 48.3 Å². The fourth-order valence-electron chi connectivity index (χ4n) is 2.04. The molecule has 0 bridgehead atoms. The molecule has 2 unspecified atom stereocenters. The summed E-state index contributed by atoms with van der Waals surface area (Å²) in [7, 11) is 0. The van der Waals surface area contributed by atoms with Gasteiger partial charge in [-0.2, -0.15) is 0 Å². The number of aromatic hydroxyl groups is 1. The molecule has 4 heteroatoms. The highest BCUT2D eigenvalue weighted by molar-refractivity contribution is 5.85. The van der Waals surface area contributed by atoms with E-state index in [0.717, 1.165) is 23.2 Å². The highest BCUT2D eigenvalue weighted by atomic mass is 35.5. The minimum atomic E-state index is 0. The summed E-state index contributed by atoms with van der Waals surface area (Å²) in [6.45, 7) is 0. The molecule has 0 radical (unpaired) electrons. The van der Waals surface area contributed by atoms with E-state index in [-0.39, 0.29) is 24.2 Å². The Morgan fingerprint density at radius 3 is 2.50 bits per heavy atom. The standard InChI is InChI=1S/C14H14N2O.ClH/c15-13-7-12(13)14-5-4-10(8-16-14)9-2-1-3-11(17)6-9;/h1-6,8,12-13,17H,7,15H2;1H. The van der Waals surface area contributed by atoms with E-state index in [9.17, 15) is 5.11 Å². The van der Waals surface area contributed by atoms with Gasteiger partial charge in [0.25, 0.3) is 0 Å². The number of benzene rings is 1. The molecule has 2 aromatic rings.